The van der Waals surface area contributed by atoms with Crippen LogP contribution in [0.2, 0.25) is 0 Å². The topological polar surface area (TPSA) is 21.3 Å². The Labute approximate surface area is 115 Å². The molecule has 1 aliphatic heterocycles. The van der Waals surface area contributed by atoms with Crippen LogP contribution < -0.4 is 5.32 Å². The lowest BCUT2D eigenvalue weighted by molar-refractivity contribution is 0.0867. The smallest absolute Gasteiger partial charge is 0.126 e. The molecule has 2 nitrogen and oxygen atoms in total. The van der Waals surface area contributed by atoms with E-state index in [4.69, 9.17) is 4.74 Å². The number of hydrogen-bond donors (Lipinski definition) is 1. The van der Waals surface area contributed by atoms with Crippen molar-refractivity contribution in [2.45, 2.75) is 45.8 Å². The molecule has 1 fully saturated rings. The van der Waals surface area contributed by atoms with Crippen LogP contribution in [-0.2, 0) is 4.74 Å². The minimum absolute atomic E-state index is 0.123. The molecule has 1 aromatic rings. The van der Waals surface area contributed by atoms with Gasteiger partial charge in [-0.1, -0.05) is 19.1 Å². The molecule has 106 valence electrons. The van der Waals surface area contributed by atoms with Crippen LogP contribution >= 0.6 is 0 Å². The summed E-state index contributed by atoms with van der Waals surface area (Å²) in [5, 5.41) is 3.51. The van der Waals surface area contributed by atoms with E-state index >= 15 is 0 Å². The fraction of sp³-hybridized carbons (Fsp3) is 0.625. The molecule has 0 amide bonds. The fourth-order valence-corrected chi connectivity index (χ4v) is 2.70. The summed E-state index contributed by atoms with van der Waals surface area (Å²) in [5.41, 5.74) is 1.71. The van der Waals surface area contributed by atoms with Gasteiger partial charge in [-0.25, -0.2) is 4.39 Å². The first-order chi connectivity index (χ1) is 9.11. The van der Waals surface area contributed by atoms with Crippen LogP contribution in [0.3, 0.4) is 0 Å². The van der Waals surface area contributed by atoms with Gasteiger partial charge in [0.25, 0.3) is 0 Å². The fourth-order valence-electron chi connectivity index (χ4n) is 2.70. The normalized spacial score (nSPS) is 24.6. The molecule has 3 atom stereocenters. The molecule has 0 bridgehead atoms. The second kappa shape index (κ2) is 6.49. The lowest BCUT2D eigenvalue weighted by Crippen LogP contribution is -2.30. The Bertz CT molecular complexity index is 421. The standard InChI is InChI=1S/C16H24FNO/c1-4-16-14(7-8-19-16)10-18-12(3)13-6-5-11(2)15(17)9-13/h5-6,9,12,14,16,18H,4,7-8,10H2,1-3H3. The molecule has 3 unspecified atom stereocenters. The van der Waals surface area contributed by atoms with Crippen LogP contribution in [0.1, 0.15) is 43.9 Å². The van der Waals surface area contributed by atoms with Crippen molar-refractivity contribution in [3.05, 3.63) is 35.1 Å². The molecule has 0 radical (unpaired) electrons. The van der Waals surface area contributed by atoms with E-state index in [1.165, 1.54) is 0 Å². The predicted octanol–water partition coefficient (Wildman–Crippen LogP) is 3.60. The maximum atomic E-state index is 13.5. The van der Waals surface area contributed by atoms with Crippen molar-refractivity contribution in [3.63, 3.8) is 0 Å². The monoisotopic (exact) mass is 265 g/mol. The molecule has 0 saturated carbocycles. The third kappa shape index (κ3) is 3.54. The van der Waals surface area contributed by atoms with Gasteiger partial charge in [-0.05, 0) is 49.8 Å². The Balaban J connectivity index is 1.90. The summed E-state index contributed by atoms with van der Waals surface area (Å²) in [6.45, 7) is 7.86. The van der Waals surface area contributed by atoms with E-state index < -0.39 is 0 Å². The number of aryl methyl sites for hydroxylation is 1. The van der Waals surface area contributed by atoms with Gasteiger partial charge in [0.15, 0.2) is 0 Å². The van der Waals surface area contributed by atoms with Crippen molar-refractivity contribution in [2.75, 3.05) is 13.2 Å². The quantitative estimate of drug-likeness (QED) is 0.878. The zero-order valence-corrected chi connectivity index (χ0v) is 12.1. The van der Waals surface area contributed by atoms with Crippen LogP contribution in [0.15, 0.2) is 18.2 Å². The Kier molecular flexibility index (Phi) is 4.94. The highest BCUT2D eigenvalue weighted by molar-refractivity contribution is 5.25. The summed E-state index contributed by atoms with van der Waals surface area (Å²) in [6, 6.07) is 5.65. The van der Waals surface area contributed by atoms with Crippen LogP contribution in [-0.4, -0.2) is 19.3 Å². The average Bonchev–Trinajstić information content (AvgIpc) is 2.86. The molecule has 2 rings (SSSR count). The Morgan fingerprint density at radius 3 is 2.95 bits per heavy atom. The van der Waals surface area contributed by atoms with Crippen molar-refractivity contribution in [1.82, 2.24) is 5.32 Å². The van der Waals surface area contributed by atoms with Gasteiger partial charge in [-0.2, -0.15) is 0 Å². The first kappa shape index (κ1) is 14.5. The third-order valence-corrected chi connectivity index (χ3v) is 4.13. The van der Waals surface area contributed by atoms with Crippen LogP contribution in [0.25, 0.3) is 0 Å². The zero-order valence-electron chi connectivity index (χ0n) is 12.1. The number of benzene rings is 1. The van der Waals surface area contributed by atoms with Gasteiger partial charge in [0.2, 0.25) is 0 Å². The summed E-state index contributed by atoms with van der Waals surface area (Å²) in [7, 11) is 0. The average molecular weight is 265 g/mol. The molecule has 0 aliphatic carbocycles. The van der Waals surface area contributed by atoms with Gasteiger partial charge < -0.3 is 10.1 Å². The first-order valence-electron chi connectivity index (χ1n) is 7.22. The Hall–Kier alpha value is -0.930. The minimum atomic E-state index is -0.123. The molecule has 1 heterocycles. The van der Waals surface area contributed by atoms with Gasteiger partial charge >= 0.3 is 0 Å². The third-order valence-electron chi connectivity index (χ3n) is 4.13. The van der Waals surface area contributed by atoms with E-state index in [2.05, 4.69) is 19.2 Å². The van der Waals surface area contributed by atoms with E-state index in [1.54, 1.807) is 13.0 Å². The van der Waals surface area contributed by atoms with Gasteiger partial charge in [0.1, 0.15) is 5.82 Å². The minimum Gasteiger partial charge on any atom is -0.378 e. The van der Waals surface area contributed by atoms with Gasteiger partial charge in [0, 0.05) is 19.2 Å². The van der Waals surface area contributed by atoms with Crippen LogP contribution in [0.4, 0.5) is 4.39 Å². The molecule has 0 aromatic heterocycles. The predicted molar refractivity (Wildman–Crippen MR) is 75.7 cm³/mol. The lowest BCUT2D eigenvalue weighted by Gasteiger charge is -2.21. The summed E-state index contributed by atoms with van der Waals surface area (Å²) < 4.78 is 19.2. The second-order valence-electron chi connectivity index (χ2n) is 5.50. The van der Waals surface area contributed by atoms with E-state index in [9.17, 15) is 4.39 Å². The van der Waals surface area contributed by atoms with Crippen molar-refractivity contribution < 1.29 is 9.13 Å². The molecule has 1 aliphatic rings. The van der Waals surface area contributed by atoms with Crippen molar-refractivity contribution in [2.24, 2.45) is 5.92 Å². The Morgan fingerprint density at radius 1 is 1.47 bits per heavy atom. The van der Waals surface area contributed by atoms with Crippen molar-refractivity contribution >= 4 is 0 Å². The lowest BCUT2D eigenvalue weighted by atomic mass is 9.98. The van der Waals surface area contributed by atoms with Crippen molar-refractivity contribution in [1.29, 1.82) is 0 Å². The summed E-state index contributed by atoms with van der Waals surface area (Å²) in [4.78, 5) is 0. The summed E-state index contributed by atoms with van der Waals surface area (Å²) >= 11 is 0. The molecular formula is C16H24FNO. The number of rotatable bonds is 5. The van der Waals surface area contributed by atoms with E-state index in [0.717, 1.165) is 31.6 Å². The number of nitrogens with one attached hydrogen (secondary N) is 1. The molecule has 0 spiro atoms. The van der Waals surface area contributed by atoms with Crippen molar-refractivity contribution in [3.8, 4) is 0 Å². The molecular weight excluding hydrogens is 241 g/mol. The maximum absolute atomic E-state index is 13.5. The second-order valence-corrected chi connectivity index (χ2v) is 5.50. The largest absolute Gasteiger partial charge is 0.378 e. The number of hydrogen-bond acceptors (Lipinski definition) is 2. The highest BCUT2D eigenvalue weighted by Crippen LogP contribution is 2.24. The summed E-state index contributed by atoms with van der Waals surface area (Å²) in [5.74, 6) is 0.463. The molecule has 1 N–H and O–H groups in total. The highest BCUT2D eigenvalue weighted by atomic mass is 19.1. The summed E-state index contributed by atoms with van der Waals surface area (Å²) in [6.07, 6.45) is 2.58. The molecule has 1 saturated heterocycles. The maximum Gasteiger partial charge on any atom is 0.126 e. The number of halogens is 1. The number of ether oxygens (including phenoxy) is 1. The first-order valence-corrected chi connectivity index (χ1v) is 7.22. The molecule has 3 heteroatoms. The Morgan fingerprint density at radius 2 is 2.26 bits per heavy atom. The SMILES string of the molecule is CCC1OCCC1CNC(C)c1ccc(C)c(F)c1. The van der Waals surface area contributed by atoms with Gasteiger partial charge in [0.05, 0.1) is 6.10 Å². The zero-order chi connectivity index (χ0) is 13.8. The van der Waals surface area contributed by atoms with Gasteiger partial charge in [-0.15, -0.1) is 0 Å². The highest BCUT2D eigenvalue weighted by Gasteiger charge is 2.26. The van der Waals surface area contributed by atoms with E-state index in [1.807, 2.05) is 12.1 Å². The van der Waals surface area contributed by atoms with Gasteiger partial charge in [-0.3, -0.25) is 0 Å². The van der Waals surface area contributed by atoms with E-state index in [0.29, 0.717) is 17.6 Å². The molecule has 1 aromatic carbocycles. The molecule has 19 heavy (non-hydrogen) atoms. The van der Waals surface area contributed by atoms with E-state index in [-0.39, 0.29) is 11.9 Å². The van der Waals surface area contributed by atoms with Crippen LogP contribution in [0, 0.1) is 18.7 Å². The van der Waals surface area contributed by atoms with Crippen LogP contribution in [0.5, 0.6) is 0 Å².